The molecular formula is C22H27N5O4S2. The van der Waals surface area contributed by atoms with Crippen LogP contribution in [0.1, 0.15) is 62.1 Å². The van der Waals surface area contributed by atoms with E-state index in [2.05, 4.69) is 20.2 Å². The van der Waals surface area contributed by atoms with Crippen molar-refractivity contribution in [2.24, 2.45) is 11.7 Å². The van der Waals surface area contributed by atoms with Crippen LogP contribution in [-0.4, -0.2) is 52.5 Å². The number of rotatable bonds is 7. The number of primary amides is 1. The van der Waals surface area contributed by atoms with E-state index in [0.717, 1.165) is 59.7 Å². The smallest absolute Gasteiger partial charge is 0.345 e. The number of amides is 2. The number of carbonyl (C=O) groups excluding carboxylic acids is 2. The van der Waals surface area contributed by atoms with E-state index in [-0.39, 0.29) is 10.8 Å². The monoisotopic (exact) mass is 489 g/mol. The Labute approximate surface area is 199 Å². The number of carboxylic acid groups (broad SMARTS) is 1. The van der Waals surface area contributed by atoms with Crippen LogP contribution >= 0.6 is 22.7 Å². The summed E-state index contributed by atoms with van der Waals surface area (Å²) < 4.78 is 0.874. The lowest BCUT2D eigenvalue weighted by molar-refractivity contribution is 0.0701. The lowest BCUT2D eigenvalue weighted by Gasteiger charge is -2.33. The maximum absolute atomic E-state index is 12.2. The average molecular weight is 490 g/mol. The Morgan fingerprint density at radius 3 is 2.45 bits per heavy atom. The zero-order chi connectivity index (χ0) is 24.0. The van der Waals surface area contributed by atoms with Gasteiger partial charge in [0.25, 0.3) is 11.8 Å². The first-order valence-electron chi connectivity index (χ1n) is 10.8. The number of hydrogen-bond acceptors (Lipinski definition) is 8. The van der Waals surface area contributed by atoms with E-state index in [1.54, 1.807) is 12.1 Å². The predicted octanol–water partition coefficient (Wildman–Crippen LogP) is 3.61. The number of fused-ring (bicyclic) bond motifs is 1. The van der Waals surface area contributed by atoms with Gasteiger partial charge in [-0.2, -0.15) is 0 Å². The molecule has 0 radical (unpaired) electrons. The molecule has 9 nitrogen and oxygen atoms in total. The SMILES string of the molecule is CC.NC(=O)c1cc2ncnc(N3CCC(CCNC(=O)c4ccc(C(=O)O)s4)CC3)c2s1. The highest BCUT2D eigenvalue weighted by Gasteiger charge is 2.23. The van der Waals surface area contributed by atoms with Gasteiger partial charge in [-0.15, -0.1) is 22.7 Å². The van der Waals surface area contributed by atoms with Crippen molar-refractivity contribution in [2.75, 3.05) is 24.5 Å². The number of carboxylic acids is 1. The molecule has 0 saturated carbocycles. The summed E-state index contributed by atoms with van der Waals surface area (Å²) >= 11 is 2.30. The van der Waals surface area contributed by atoms with Crippen LogP contribution in [0.15, 0.2) is 24.5 Å². The minimum absolute atomic E-state index is 0.157. The van der Waals surface area contributed by atoms with Gasteiger partial charge in [0.05, 0.1) is 20.0 Å². The van der Waals surface area contributed by atoms with Crippen molar-refractivity contribution in [2.45, 2.75) is 33.1 Å². The number of nitrogens with two attached hydrogens (primary N) is 1. The van der Waals surface area contributed by atoms with Crippen molar-refractivity contribution in [3.63, 3.8) is 0 Å². The van der Waals surface area contributed by atoms with E-state index in [4.69, 9.17) is 10.8 Å². The molecule has 1 saturated heterocycles. The fourth-order valence-corrected chi connectivity index (χ4v) is 5.42. The summed E-state index contributed by atoms with van der Waals surface area (Å²) in [7, 11) is 0. The topological polar surface area (TPSA) is 139 Å². The van der Waals surface area contributed by atoms with Crippen LogP contribution in [0.5, 0.6) is 0 Å². The Morgan fingerprint density at radius 1 is 1.12 bits per heavy atom. The molecule has 33 heavy (non-hydrogen) atoms. The summed E-state index contributed by atoms with van der Waals surface area (Å²) in [6, 6.07) is 4.69. The molecule has 0 spiro atoms. The highest BCUT2D eigenvalue weighted by molar-refractivity contribution is 7.21. The number of anilines is 1. The first-order chi connectivity index (χ1) is 15.9. The van der Waals surface area contributed by atoms with Gasteiger partial charge in [0.15, 0.2) is 0 Å². The van der Waals surface area contributed by atoms with Crippen LogP contribution in [-0.2, 0) is 0 Å². The molecule has 3 aromatic heterocycles. The minimum atomic E-state index is -1.02. The van der Waals surface area contributed by atoms with Crippen LogP contribution in [0, 0.1) is 5.92 Å². The molecular weight excluding hydrogens is 462 g/mol. The van der Waals surface area contributed by atoms with Gasteiger partial charge in [-0.3, -0.25) is 9.59 Å². The second-order valence-electron chi connectivity index (χ2n) is 7.33. The molecule has 0 unspecified atom stereocenters. The van der Waals surface area contributed by atoms with Gasteiger partial charge in [0.1, 0.15) is 17.0 Å². The number of nitrogens with zero attached hydrogens (tertiary/aromatic N) is 3. The van der Waals surface area contributed by atoms with Crippen molar-refractivity contribution in [3.8, 4) is 0 Å². The summed E-state index contributed by atoms with van der Waals surface area (Å²) in [6.07, 6.45) is 4.31. The lowest BCUT2D eigenvalue weighted by atomic mass is 9.93. The second-order valence-corrected chi connectivity index (χ2v) is 9.47. The molecule has 0 aliphatic carbocycles. The van der Waals surface area contributed by atoms with Crippen molar-refractivity contribution >= 4 is 56.5 Å². The largest absolute Gasteiger partial charge is 0.477 e. The van der Waals surface area contributed by atoms with E-state index in [1.807, 2.05) is 13.8 Å². The third-order valence-electron chi connectivity index (χ3n) is 5.33. The predicted molar refractivity (Wildman–Crippen MR) is 130 cm³/mol. The second kappa shape index (κ2) is 11.2. The molecule has 0 bridgehead atoms. The first kappa shape index (κ1) is 24.6. The van der Waals surface area contributed by atoms with E-state index in [0.29, 0.717) is 22.2 Å². The fraction of sp³-hybridized carbons (Fsp3) is 0.409. The molecule has 2 amide bonds. The van der Waals surface area contributed by atoms with Gasteiger partial charge in [-0.1, -0.05) is 13.8 Å². The molecule has 0 atom stereocenters. The third-order valence-corrected chi connectivity index (χ3v) is 7.53. The molecule has 1 aliphatic heterocycles. The molecule has 3 aromatic rings. The molecule has 0 aromatic carbocycles. The van der Waals surface area contributed by atoms with Crippen LogP contribution in [0.2, 0.25) is 0 Å². The number of carbonyl (C=O) groups is 3. The molecule has 4 heterocycles. The summed E-state index contributed by atoms with van der Waals surface area (Å²) in [5.41, 5.74) is 6.13. The zero-order valence-corrected chi connectivity index (χ0v) is 20.2. The molecule has 1 aliphatic rings. The van der Waals surface area contributed by atoms with E-state index < -0.39 is 11.9 Å². The molecule has 1 fully saturated rings. The van der Waals surface area contributed by atoms with Crippen LogP contribution in [0.25, 0.3) is 10.2 Å². The summed E-state index contributed by atoms with van der Waals surface area (Å²) in [6.45, 7) is 6.22. The van der Waals surface area contributed by atoms with Gasteiger partial charge in [-0.05, 0) is 43.4 Å². The lowest BCUT2D eigenvalue weighted by Crippen LogP contribution is -2.35. The number of aromatic carboxylic acids is 1. The van der Waals surface area contributed by atoms with Crippen molar-refractivity contribution in [3.05, 3.63) is 39.2 Å². The van der Waals surface area contributed by atoms with Gasteiger partial charge in [0.2, 0.25) is 0 Å². The Morgan fingerprint density at radius 2 is 1.82 bits per heavy atom. The minimum Gasteiger partial charge on any atom is -0.477 e. The molecule has 176 valence electrons. The Kier molecular flexibility index (Phi) is 8.34. The summed E-state index contributed by atoms with van der Waals surface area (Å²) in [4.78, 5) is 46.5. The number of thiophene rings is 2. The Balaban J connectivity index is 0.00000149. The van der Waals surface area contributed by atoms with Crippen LogP contribution in [0.4, 0.5) is 5.82 Å². The molecule has 11 heteroatoms. The van der Waals surface area contributed by atoms with Gasteiger partial charge < -0.3 is 21.1 Å². The highest BCUT2D eigenvalue weighted by Crippen LogP contribution is 2.33. The average Bonchev–Trinajstić information content (AvgIpc) is 3.49. The normalized spacial score (nSPS) is 13.9. The van der Waals surface area contributed by atoms with E-state index in [1.165, 1.54) is 23.7 Å². The summed E-state index contributed by atoms with van der Waals surface area (Å²) in [5, 5.41) is 11.8. The van der Waals surface area contributed by atoms with E-state index >= 15 is 0 Å². The quantitative estimate of drug-likeness (QED) is 0.461. The number of hydrogen-bond donors (Lipinski definition) is 3. The van der Waals surface area contributed by atoms with Gasteiger partial charge >= 0.3 is 5.97 Å². The maximum Gasteiger partial charge on any atom is 0.345 e. The van der Waals surface area contributed by atoms with Crippen LogP contribution in [0.3, 0.4) is 0 Å². The maximum atomic E-state index is 12.2. The molecule has 4 N–H and O–H groups in total. The highest BCUT2D eigenvalue weighted by atomic mass is 32.1. The van der Waals surface area contributed by atoms with Gasteiger partial charge in [-0.25, -0.2) is 14.8 Å². The Hall–Kier alpha value is -3.05. The van der Waals surface area contributed by atoms with Crippen molar-refractivity contribution in [1.82, 2.24) is 15.3 Å². The zero-order valence-electron chi connectivity index (χ0n) is 18.5. The Bertz CT molecular complexity index is 1130. The summed E-state index contributed by atoms with van der Waals surface area (Å²) in [5.74, 6) is -0.402. The number of nitrogens with one attached hydrogen (secondary N) is 1. The fourth-order valence-electron chi connectivity index (χ4n) is 3.67. The van der Waals surface area contributed by atoms with E-state index in [9.17, 15) is 14.4 Å². The first-order valence-corrected chi connectivity index (χ1v) is 12.5. The molecule has 4 rings (SSSR count). The van der Waals surface area contributed by atoms with Gasteiger partial charge in [0, 0.05) is 19.6 Å². The third kappa shape index (κ3) is 5.85. The number of aromatic nitrogens is 2. The number of piperidine rings is 1. The standard InChI is InChI=1S/C20H21N5O4S2.C2H6/c21-17(26)15-9-12-16(31-15)18(24-10-23-12)25-7-4-11(5-8-25)3-6-22-19(27)13-1-2-14(30-13)20(28)29;1-2/h1-2,9-11H,3-8H2,(H2,21,26)(H,22,27)(H,28,29);1-2H3. The van der Waals surface area contributed by atoms with Crippen molar-refractivity contribution in [1.29, 1.82) is 0 Å². The van der Waals surface area contributed by atoms with Crippen LogP contribution < -0.4 is 16.0 Å². The van der Waals surface area contributed by atoms with Crippen molar-refractivity contribution < 1.29 is 19.5 Å².